The van der Waals surface area contributed by atoms with Crippen LogP contribution >= 0.6 is 34.2 Å². The molecule has 0 aliphatic carbocycles. The summed E-state index contributed by atoms with van der Waals surface area (Å²) in [5.74, 6) is -1.43. The maximum absolute atomic E-state index is 13.2. The molecule has 70 valence electrons. The third-order valence-electron chi connectivity index (χ3n) is 1.40. The van der Waals surface area contributed by atoms with Gasteiger partial charge in [0.25, 0.3) is 0 Å². The normalized spacial score (nSPS) is 9.85. The molecule has 0 saturated carbocycles. The van der Waals surface area contributed by atoms with Crippen molar-refractivity contribution in [2.24, 2.45) is 0 Å². The fourth-order valence-electron chi connectivity index (χ4n) is 0.839. The van der Waals surface area contributed by atoms with Gasteiger partial charge in [-0.15, -0.1) is 0 Å². The van der Waals surface area contributed by atoms with Crippen LogP contribution in [0, 0.1) is 9.39 Å². The number of rotatable bonds is 1. The number of carbonyl (C=O) groups is 1. The first-order valence-corrected chi connectivity index (χ1v) is 4.74. The molecule has 1 rings (SSSR count). The van der Waals surface area contributed by atoms with Crippen molar-refractivity contribution >= 4 is 40.2 Å². The Hall–Kier alpha value is -0.360. The maximum atomic E-state index is 13.2. The van der Waals surface area contributed by atoms with Crippen LogP contribution < -0.4 is 0 Å². The van der Waals surface area contributed by atoms with Gasteiger partial charge in [-0.3, -0.25) is 0 Å². The van der Waals surface area contributed by atoms with Crippen LogP contribution in [0.5, 0.6) is 0 Å². The van der Waals surface area contributed by atoms with E-state index in [1.807, 2.05) is 22.6 Å². The first kappa shape index (κ1) is 10.7. The van der Waals surface area contributed by atoms with Gasteiger partial charge in [0, 0.05) is 3.57 Å². The molecule has 0 aliphatic heterocycles. The van der Waals surface area contributed by atoms with Crippen molar-refractivity contribution in [3.63, 3.8) is 0 Å². The van der Waals surface area contributed by atoms with E-state index in [-0.39, 0.29) is 10.6 Å². The Kier molecular flexibility index (Phi) is 3.49. The monoisotopic (exact) mass is 314 g/mol. The molecular weight excluding hydrogens is 309 g/mol. The van der Waals surface area contributed by atoms with Crippen molar-refractivity contribution in [3.8, 4) is 0 Å². The van der Waals surface area contributed by atoms with Crippen LogP contribution in [0.15, 0.2) is 12.1 Å². The Labute approximate surface area is 93.2 Å². The number of benzene rings is 1. The molecule has 0 aromatic heterocycles. The lowest BCUT2D eigenvalue weighted by Gasteiger charge is -2.03. The summed E-state index contributed by atoms with van der Waals surface area (Å²) in [6.45, 7) is 0. The molecule has 0 fully saturated rings. The van der Waals surface area contributed by atoms with Crippen molar-refractivity contribution < 1.29 is 13.9 Å². The molecule has 0 heterocycles. The van der Waals surface area contributed by atoms with Crippen LogP contribution in [0.4, 0.5) is 4.39 Å². The molecule has 0 N–H and O–H groups in total. The van der Waals surface area contributed by atoms with Crippen LogP contribution in [0.3, 0.4) is 0 Å². The van der Waals surface area contributed by atoms with Gasteiger partial charge in [0.1, 0.15) is 11.4 Å². The SMILES string of the molecule is COC(=O)c1c(F)cc(I)cc1Cl. The molecular formula is C8H5ClFIO2. The van der Waals surface area contributed by atoms with Gasteiger partial charge in [-0.25, -0.2) is 9.18 Å². The topological polar surface area (TPSA) is 26.3 Å². The second-order valence-electron chi connectivity index (χ2n) is 2.24. The van der Waals surface area contributed by atoms with Crippen LogP contribution in [0.2, 0.25) is 5.02 Å². The number of ether oxygens (including phenoxy) is 1. The molecule has 0 bridgehead atoms. The van der Waals surface area contributed by atoms with E-state index in [0.29, 0.717) is 3.57 Å². The molecule has 1 aromatic rings. The molecule has 5 heteroatoms. The fourth-order valence-corrected chi connectivity index (χ4v) is 1.89. The largest absolute Gasteiger partial charge is 0.465 e. The molecule has 2 nitrogen and oxygen atoms in total. The number of hydrogen-bond donors (Lipinski definition) is 0. The first-order valence-electron chi connectivity index (χ1n) is 3.29. The minimum atomic E-state index is -0.765. The summed E-state index contributed by atoms with van der Waals surface area (Å²) < 4.78 is 18.2. The number of esters is 1. The highest BCUT2D eigenvalue weighted by Crippen LogP contribution is 2.23. The van der Waals surface area contributed by atoms with Crippen LogP contribution in [-0.2, 0) is 4.74 Å². The molecule has 0 atom stereocenters. The third-order valence-corrected chi connectivity index (χ3v) is 2.32. The van der Waals surface area contributed by atoms with E-state index in [1.54, 1.807) is 0 Å². The molecule has 0 aliphatic rings. The average Bonchev–Trinajstić information content (AvgIpc) is 2.02. The van der Waals surface area contributed by atoms with Gasteiger partial charge in [-0.05, 0) is 34.7 Å². The van der Waals surface area contributed by atoms with Gasteiger partial charge in [-0.1, -0.05) is 11.6 Å². The zero-order valence-electron chi connectivity index (χ0n) is 6.61. The number of carbonyl (C=O) groups excluding carboxylic acids is 1. The minimum Gasteiger partial charge on any atom is -0.465 e. The molecule has 0 radical (unpaired) electrons. The molecule has 0 saturated heterocycles. The summed E-state index contributed by atoms with van der Waals surface area (Å²) in [7, 11) is 1.18. The Morgan fingerprint density at radius 2 is 2.23 bits per heavy atom. The summed E-state index contributed by atoms with van der Waals surface area (Å²) in [6.07, 6.45) is 0. The molecule has 0 spiro atoms. The zero-order chi connectivity index (χ0) is 10.0. The summed E-state index contributed by atoms with van der Waals surface area (Å²) in [4.78, 5) is 11.0. The smallest absolute Gasteiger partial charge is 0.342 e. The highest BCUT2D eigenvalue weighted by atomic mass is 127. The van der Waals surface area contributed by atoms with Gasteiger partial charge in [0.05, 0.1) is 12.1 Å². The summed E-state index contributed by atoms with van der Waals surface area (Å²) >= 11 is 7.57. The Balaban J connectivity index is 3.28. The maximum Gasteiger partial charge on any atom is 0.342 e. The Morgan fingerprint density at radius 1 is 1.62 bits per heavy atom. The zero-order valence-corrected chi connectivity index (χ0v) is 9.52. The van der Waals surface area contributed by atoms with Crippen molar-refractivity contribution in [2.75, 3.05) is 7.11 Å². The van der Waals surface area contributed by atoms with Gasteiger partial charge in [0.2, 0.25) is 0 Å². The highest BCUT2D eigenvalue weighted by Gasteiger charge is 2.16. The molecule has 0 unspecified atom stereocenters. The van der Waals surface area contributed by atoms with E-state index < -0.39 is 11.8 Å². The molecule has 0 amide bonds. The summed E-state index contributed by atoms with van der Waals surface area (Å²) in [5.41, 5.74) is -0.218. The molecule has 13 heavy (non-hydrogen) atoms. The van der Waals surface area contributed by atoms with Crippen LogP contribution in [0.25, 0.3) is 0 Å². The summed E-state index contributed by atoms with van der Waals surface area (Å²) in [5, 5.41) is 0.0660. The Bertz CT molecular complexity index is 331. The second kappa shape index (κ2) is 4.23. The first-order chi connectivity index (χ1) is 6.06. The number of methoxy groups -OCH3 is 1. The second-order valence-corrected chi connectivity index (χ2v) is 3.89. The minimum absolute atomic E-state index is 0.0660. The van der Waals surface area contributed by atoms with Crippen molar-refractivity contribution in [3.05, 3.63) is 32.1 Å². The standard InChI is InChI=1S/C8H5ClFIO2/c1-13-8(12)7-5(9)2-4(11)3-6(7)10/h2-3H,1H3. The van der Waals surface area contributed by atoms with E-state index in [4.69, 9.17) is 11.6 Å². The predicted octanol–water partition coefficient (Wildman–Crippen LogP) is 2.87. The van der Waals surface area contributed by atoms with Crippen LogP contribution in [0.1, 0.15) is 10.4 Å². The third kappa shape index (κ3) is 2.31. The van der Waals surface area contributed by atoms with E-state index in [1.165, 1.54) is 19.2 Å². The van der Waals surface area contributed by atoms with E-state index in [2.05, 4.69) is 4.74 Å². The predicted molar refractivity (Wildman–Crippen MR) is 55.5 cm³/mol. The molecule has 1 aromatic carbocycles. The van der Waals surface area contributed by atoms with E-state index >= 15 is 0 Å². The lowest BCUT2D eigenvalue weighted by molar-refractivity contribution is 0.0595. The quantitative estimate of drug-likeness (QED) is 0.588. The van der Waals surface area contributed by atoms with Crippen molar-refractivity contribution in [1.82, 2.24) is 0 Å². The fraction of sp³-hybridized carbons (Fsp3) is 0.125. The highest BCUT2D eigenvalue weighted by molar-refractivity contribution is 14.1. The summed E-state index contributed by atoms with van der Waals surface area (Å²) in [6, 6.07) is 2.72. The van der Waals surface area contributed by atoms with Crippen LogP contribution in [-0.4, -0.2) is 13.1 Å². The van der Waals surface area contributed by atoms with Gasteiger partial charge >= 0.3 is 5.97 Å². The van der Waals surface area contributed by atoms with E-state index in [9.17, 15) is 9.18 Å². The van der Waals surface area contributed by atoms with Crippen molar-refractivity contribution in [1.29, 1.82) is 0 Å². The lowest BCUT2D eigenvalue weighted by Crippen LogP contribution is -2.05. The van der Waals surface area contributed by atoms with Crippen molar-refractivity contribution in [2.45, 2.75) is 0 Å². The Morgan fingerprint density at radius 3 is 2.69 bits per heavy atom. The van der Waals surface area contributed by atoms with Gasteiger partial charge < -0.3 is 4.74 Å². The lowest BCUT2D eigenvalue weighted by atomic mass is 10.2. The van der Waals surface area contributed by atoms with Gasteiger partial charge in [-0.2, -0.15) is 0 Å². The van der Waals surface area contributed by atoms with E-state index in [0.717, 1.165) is 0 Å². The number of hydrogen-bond acceptors (Lipinski definition) is 2. The number of halogens is 3. The average molecular weight is 314 g/mol. The van der Waals surface area contributed by atoms with Gasteiger partial charge in [0.15, 0.2) is 0 Å².